The van der Waals surface area contributed by atoms with E-state index in [0.29, 0.717) is 16.7 Å². The Balaban J connectivity index is 0.00000121. The Labute approximate surface area is 107 Å². The van der Waals surface area contributed by atoms with E-state index in [-0.39, 0.29) is 5.75 Å². The smallest absolute Gasteiger partial charge is 0.133 e. The molecule has 0 radical (unpaired) electrons. The fourth-order valence-corrected chi connectivity index (χ4v) is 1.56. The summed E-state index contributed by atoms with van der Waals surface area (Å²) >= 11 is 3.98. The molecule has 0 fully saturated rings. The number of thiol groups is 1. The molecule has 0 nitrogen and oxygen atoms in total. The van der Waals surface area contributed by atoms with E-state index in [0.717, 1.165) is 6.07 Å². The van der Waals surface area contributed by atoms with Gasteiger partial charge in [-0.25, -0.2) is 8.78 Å². The third-order valence-electron chi connectivity index (χ3n) is 2.15. The molecule has 1 aromatic rings. The van der Waals surface area contributed by atoms with Crippen molar-refractivity contribution in [3.8, 4) is 0 Å². The van der Waals surface area contributed by atoms with Gasteiger partial charge >= 0.3 is 0 Å². The molecule has 0 aliphatic heterocycles. The van der Waals surface area contributed by atoms with Crippen molar-refractivity contribution in [2.75, 3.05) is 0 Å². The van der Waals surface area contributed by atoms with Crippen LogP contribution in [0.3, 0.4) is 0 Å². The molecule has 17 heavy (non-hydrogen) atoms. The van der Waals surface area contributed by atoms with Crippen LogP contribution in [-0.4, -0.2) is 0 Å². The van der Waals surface area contributed by atoms with Gasteiger partial charge < -0.3 is 0 Å². The summed E-state index contributed by atoms with van der Waals surface area (Å²) in [7, 11) is 0. The first-order valence-corrected chi connectivity index (χ1v) is 5.65. The van der Waals surface area contributed by atoms with Gasteiger partial charge in [-0.05, 0) is 24.1 Å². The van der Waals surface area contributed by atoms with Gasteiger partial charge in [-0.15, -0.1) is 13.2 Å². The van der Waals surface area contributed by atoms with Crippen LogP contribution in [-0.2, 0) is 5.75 Å². The topological polar surface area (TPSA) is 0 Å². The van der Waals surface area contributed by atoms with Crippen LogP contribution >= 0.6 is 12.6 Å². The highest BCUT2D eigenvalue weighted by Crippen LogP contribution is 2.23. The zero-order valence-electron chi connectivity index (χ0n) is 9.84. The lowest BCUT2D eigenvalue weighted by Crippen LogP contribution is -1.94. The number of benzene rings is 1. The van der Waals surface area contributed by atoms with Crippen molar-refractivity contribution in [1.29, 1.82) is 0 Å². The van der Waals surface area contributed by atoms with Crippen LogP contribution in [0, 0.1) is 11.6 Å². The van der Waals surface area contributed by atoms with E-state index in [1.54, 1.807) is 19.1 Å². The van der Waals surface area contributed by atoms with Gasteiger partial charge in [0.05, 0.1) is 0 Å². The molecule has 0 spiro atoms. The largest absolute Gasteiger partial charge is 0.207 e. The fraction of sp³-hybridized carbons (Fsp3) is 0.143. The Morgan fingerprint density at radius 3 is 2.29 bits per heavy atom. The van der Waals surface area contributed by atoms with Gasteiger partial charge in [0.25, 0.3) is 0 Å². The molecule has 0 unspecified atom stereocenters. The molecule has 1 rings (SSSR count). The van der Waals surface area contributed by atoms with Crippen LogP contribution in [0.15, 0.2) is 44.0 Å². The average Bonchev–Trinajstić information content (AvgIpc) is 2.35. The highest BCUT2D eigenvalue weighted by molar-refractivity contribution is 7.79. The maximum atomic E-state index is 13.4. The van der Waals surface area contributed by atoms with Gasteiger partial charge in [0, 0.05) is 17.4 Å². The lowest BCUT2D eigenvalue weighted by atomic mass is 10.0. The molecule has 0 heterocycles. The molecule has 0 bridgehead atoms. The predicted molar refractivity (Wildman–Crippen MR) is 74.2 cm³/mol. The Morgan fingerprint density at radius 2 is 1.88 bits per heavy atom. The van der Waals surface area contributed by atoms with Crippen molar-refractivity contribution in [3.05, 3.63) is 66.8 Å². The zero-order valence-corrected chi connectivity index (χ0v) is 10.7. The Bertz CT molecular complexity index is 422. The average molecular weight is 254 g/mol. The third-order valence-corrected chi connectivity index (χ3v) is 2.49. The number of rotatable bonds is 3. The summed E-state index contributed by atoms with van der Waals surface area (Å²) in [6, 6.07) is 2.35. The van der Waals surface area contributed by atoms with E-state index in [4.69, 9.17) is 0 Å². The van der Waals surface area contributed by atoms with Gasteiger partial charge in [-0.3, -0.25) is 0 Å². The zero-order chi connectivity index (χ0) is 13.4. The standard InChI is InChI=1S/C12H12F2S.C2H4/c1-3-8(4-2)10-5-9(7-15)11(13)6-12(10)14;1-2/h3-6,15H,1,7H2,2H3;1-2H2/b8-4+;. The van der Waals surface area contributed by atoms with Gasteiger partial charge in [0.2, 0.25) is 0 Å². The van der Waals surface area contributed by atoms with Crippen LogP contribution in [0.25, 0.3) is 5.57 Å². The van der Waals surface area contributed by atoms with Gasteiger partial charge in [0.1, 0.15) is 11.6 Å². The molecule has 0 aliphatic rings. The van der Waals surface area contributed by atoms with Gasteiger partial charge in [0.15, 0.2) is 0 Å². The van der Waals surface area contributed by atoms with Crippen molar-refractivity contribution in [2.24, 2.45) is 0 Å². The molecule has 0 atom stereocenters. The lowest BCUT2D eigenvalue weighted by molar-refractivity contribution is 0.574. The molecule has 0 aromatic heterocycles. The minimum absolute atomic E-state index is 0.243. The molecule has 0 saturated heterocycles. The van der Waals surface area contributed by atoms with Crippen LogP contribution < -0.4 is 0 Å². The maximum Gasteiger partial charge on any atom is 0.133 e. The van der Waals surface area contributed by atoms with Crippen LogP contribution in [0.4, 0.5) is 8.78 Å². The number of allylic oxidation sites excluding steroid dienone is 3. The Hall–Kier alpha value is -1.35. The fourth-order valence-electron chi connectivity index (χ4n) is 1.32. The second-order valence-corrected chi connectivity index (χ2v) is 3.35. The summed E-state index contributed by atoms with van der Waals surface area (Å²) in [5.41, 5.74) is 1.39. The van der Waals surface area contributed by atoms with Crippen molar-refractivity contribution in [3.63, 3.8) is 0 Å². The van der Waals surface area contributed by atoms with Crippen LogP contribution in [0.5, 0.6) is 0 Å². The van der Waals surface area contributed by atoms with E-state index in [1.165, 1.54) is 6.07 Å². The second-order valence-electron chi connectivity index (χ2n) is 3.03. The minimum Gasteiger partial charge on any atom is -0.207 e. The molecule has 0 saturated carbocycles. The van der Waals surface area contributed by atoms with E-state index in [9.17, 15) is 8.78 Å². The summed E-state index contributed by atoms with van der Waals surface area (Å²) in [5.74, 6) is -0.899. The molecular formula is C14H16F2S. The first-order chi connectivity index (χ1) is 8.13. The maximum absolute atomic E-state index is 13.4. The Kier molecular flexibility index (Phi) is 7.22. The third kappa shape index (κ3) is 3.86. The minimum atomic E-state index is -0.578. The number of halogens is 2. The normalized spacial score (nSPS) is 10.5. The summed E-state index contributed by atoms with van der Waals surface area (Å²) in [6.45, 7) is 11.4. The predicted octanol–water partition coefficient (Wildman–Crippen LogP) is 4.79. The SMILES string of the molecule is C=C.C=C/C(=C\C)c1cc(CS)c(F)cc1F. The first kappa shape index (κ1) is 15.7. The van der Waals surface area contributed by atoms with Gasteiger partial charge in [-0.1, -0.05) is 18.7 Å². The van der Waals surface area contributed by atoms with Crippen LogP contribution in [0.1, 0.15) is 18.1 Å². The summed E-state index contributed by atoms with van der Waals surface area (Å²) in [5, 5.41) is 0. The van der Waals surface area contributed by atoms with E-state index >= 15 is 0 Å². The lowest BCUT2D eigenvalue weighted by Gasteiger charge is -2.07. The van der Waals surface area contributed by atoms with Crippen molar-refractivity contribution in [1.82, 2.24) is 0 Å². The van der Waals surface area contributed by atoms with Gasteiger partial charge in [-0.2, -0.15) is 12.6 Å². The van der Waals surface area contributed by atoms with Crippen molar-refractivity contribution >= 4 is 18.2 Å². The molecule has 3 heteroatoms. The first-order valence-electron chi connectivity index (χ1n) is 5.02. The highest BCUT2D eigenvalue weighted by Gasteiger charge is 2.10. The number of hydrogen-bond donors (Lipinski definition) is 1. The van der Waals surface area contributed by atoms with E-state index in [2.05, 4.69) is 32.4 Å². The summed E-state index contributed by atoms with van der Waals surface area (Å²) < 4.78 is 26.6. The highest BCUT2D eigenvalue weighted by atomic mass is 32.1. The molecular weight excluding hydrogens is 238 g/mol. The molecule has 0 aliphatic carbocycles. The van der Waals surface area contributed by atoms with E-state index < -0.39 is 11.6 Å². The molecule has 1 aromatic carbocycles. The van der Waals surface area contributed by atoms with Crippen molar-refractivity contribution in [2.45, 2.75) is 12.7 Å². The van der Waals surface area contributed by atoms with E-state index in [1.807, 2.05) is 0 Å². The molecule has 0 N–H and O–H groups in total. The monoisotopic (exact) mass is 254 g/mol. The molecule has 0 amide bonds. The number of hydrogen-bond acceptors (Lipinski definition) is 1. The quantitative estimate of drug-likeness (QED) is 0.447. The second kappa shape index (κ2) is 7.85. The van der Waals surface area contributed by atoms with Crippen LogP contribution in [0.2, 0.25) is 0 Å². The summed E-state index contributed by atoms with van der Waals surface area (Å²) in [6.07, 6.45) is 3.27. The van der Waals surface area contributed by atoms with Crippen molar-refractivity contribution < 1.29 is 8.78 Å². The summed E-state index contributed by atoms with van der Waals surface area (Å²) in [4.78, 5) is 0. The molecule has 92 valence electrons. The Morgan fingerprint density at radius 1 is 1.29 bits per heavy atom.